The number of carboxylic acid groups (broad SMARTS) is 1. The van der Waals surface area contributed by atoms with Gasteiger partial charge in [-0.2, -0.15) is 8.78 Å². The van der Waals surface area contributed by atoms with Gasteiger partial charge < -0.3 is 14.6 Å². The van der Waals surface area contributed by atoms with Crippen molar-refractivity contribution in [2.75, 3.05) is 11.8 Å². The van der Waals surface area contributed by atoms with Crippen molar-refractivity contribution < 1.29 is 36.6 Å². The van der Waals surface area contributed by atoms with Gasteiger partial charge in [-0.3, -0.25) is 4.72 Å². The van der Waals surface area contributed by atoms with Crippen LogP contribution in [0.25, 0.3) is 0 Å². The molecule has 0 saturated carbocycles. The van der Waals surface area contributed by atoms with Crippen LogP contribution in [0.3, 0.4) is 0 Å². The highest BCUT2D eigenvalue weighted by atomic mass is 32.2. The van der Waals surface area contributed by atoms with E-state index in [1.54, 1.807) is 0 Å². The van der Waals surface area contributed by atoms with Crippen LogP contribution in [0.4, 0.5) is 14.5 Å². The minimum atomic E-state index is -4.13. The van der Waals surface area contributed by atoms with Gasteiger partial charge in [0.15, 0.2) is 11.5 Å². The van der Waals surface area contributed by atoms with Crippen molar-refractivity contribution in [1.29, 1.82) is 0 Å². The Bertz CT molecular complexity index is 885. The molecule has 0 aliphatic carbocycles. The summed E-state index contributed by atoms with van der Waals surface area (Å²) < 4.78 is 60.8. The van der Waals surface area contributed by atoms with Crippen LogP contribution in [-0.2, 0) is 10.0 Å². The first kappa shape index (κ1) is 18.5. The summed E-state index contributed by atoms with van der Waals surface area (Å²) in [5.41, 5.74) is -0.267. The lowest BCUT2D eigenvalue weighted by molar-refractivity contribution is -0.0511. The number of carboxylic acids is 1. The van der Waals surface area contributed by atoms with Crippen LogP contribution in [0.15, 0.2) is 47.4 Å². The van der Waals surface area contributed by atoms with Gasteiger partial charge in [0.25, 0.3) is 10.0 Å². The van der Waals surface area contributed by atoms with E-state index in [-0.39, 0.29) is 27.6 Å². The Balaban J connectivity index is 2.34. The van der Waals surface area contributed by atoms with Crippen molar-refractivity contribution in [2.24, 2.45) is 0 Å². The number of anilines is 1. The van der Waals surface area contributed by atoms with Crippen molar-refractivity contribution in [3.05, 3.63) is 48.0 Å². The minimum absolute atomic E-state index is 0.00359. The Morgan fingerprint density at radius 1 is 1.16 bits per heavy atom. The van der Waals surface area contributed by atoms with Gasteiger partial charge in [-0.05, 0) is 30.3 Å². The molecule has 0 unspecified atom stereocenters. The fourth-order valence-corrected chi connectivity index (χ4v) is 3.03. The molecule has 2 rings (SSSR count). The predicted octanol–water partition coefficient (Wildman–Crippen LogP) is 2.80. The largest absolute Gasteiger partial charge is 0.493 e. The summed E-state index contributed by atoms with van der Waals surface area (Å²) in [5, 5.41) is 8.93. The van der Waals surface area contributed by atoms with E-state index in [4.69, 9.17) is 9.84 Å². The van der Waals surface area contributed by atoms with Crippen molar-refractivity contribution >= 4 is 21.7 Å². The number of carbonyl (C=O) groups is 1. The van der Waals surface area contributed by atoms with E-state index in [9.17, 15) is 22.0 Å². The van der Waals surface area contributed by atoms with E-state index in [2.05, 4.69) is 9.46 Å². The number of sulfonamides is 1. The van der Waals surface area contributed by atoms with E-state index in [0.29, 0.717) is 0 Å². The number of benzene rings is 2. The third-order valence-electron chi connectivity index (χ3n) is 3.02. The highest BCUT2D eigenvalue weighted by molar-refractivity contribution is 7.92. The molecule has 134 valence electrons. The zero-order valence-electron chi connectivity index (χ0n) is 12.8. The summed E-state index contributed by atoms with van der Waals surface area (Å²) in [6.07, 6.45) is 0. The van der Waals surface area contributed by atoms with E-state index < -0.39 is 22.6 Å². The van der Waals surface area contributed by atoms with Crippen molar-refractivity contribution in [3.8, 4) is 11.5 Å². The summed E-state index contributed by atoms with van der Waals surface area (Å²) in [6, 6.07) is 8.27. The molecule has 0 saturated heterocycles. The Hall–Kier alpha value is -2.88. The molecule has 0 aliphatic rings. The molecule has 0 atom stereocenters. The Labute approximate surface area is 141 Å². The fourth-order valence-electron chi connectivity index (χ4n) is 1.94. The lowest BCUT2D eigenvalue weighted by Gasteiger charge is -2.13. The number of nitrogens with one attached hydrogen (secondary N) is 1. The smallest absolute Gasteiger partial charge is 0.387 e. The second-order valence-corrected chi connectivity index (χ2v) is 6.37. The predicted molar refractivity (Wildman–Crippen MR) is 83.8 cm³/mol. The average Bonchev–Trinajstić information content (AvgIpc) is 2.54. The molecule has 0 fully saturated rings. The standard InChI is InChI=1S/C15H13F2NO6S/c1-23-12-6-5-10(8-13(12)24-15(16)17)18-25(21,22)11-4-2-3-9(7-11)14(19)20/h2-8,15,18H,1H3,(H,19,20). The quantitative estimate of drug-likeness (QED) is 0.774. The maximum atomic E-state index is 12.4. The van der Waals surface area contributed by atoms with Crippen LogP contribution >= 0.6 is 0 Å². The van der Waals surface area contributed by atoms with Gasteiger partial charge in [-0.15, -0.1) is 0 Å². The molecule has 25 heavy (non-hydrogen) atoms. The van der Waals surface area contributed by atoms with Gasteiger partial charge in [-0.1, -0.05) is 6.07 Å². The minimum Gasteiger partial charge on any atom is -0.493 e. The van der Waals surface area contributed by atoms with Crippen molar-refractivity contribution in [2.45, 2.75) is 11.5 Å². The molecular formula is C15H13F2NO6S. The van der Waals surface area contributed by atoms with Gasteiger partial charge >= 0.3 is 12.6 Å². The first-order chi connectivity index (χ1) is 11.7. The van der Waals surface area contributed by atoms with Gasteiger partial charge in [0.05, 0.1) is 23.3 Å². The van der Waals surface area contributed by atoms with Gasteiger partial charge in [0.2, 0.25) is 0 Å². The number of hydrogen-bond donors (Lipinski definition) is 2. The molecule has 2 N–H and O–H groups in total. The number of ether oxygens (including phenoxy) is 2. The van der Waals surface area contributed by atoms with Crippen molar-refractivity contribution in [3.63, 3.8) is 0 Å². The van der Waals surface area contributed by atoms with Crippen molar-refractivity contribution in [1.82, 2.24) is 0 Å². The van der Waals surface area contributed by atoms with Gasteiger partial charge in [0.1, 0.15) is 0 Å². The molecule has 7 nitrogen and oxygen atoms in total. The Kier molecular flexibility index (Phi) is 5.42. The zero-order chi connectivity index (χ0) is 18.6. The summed E-state index contributed by atoms with van der Waals surface area (Å²) >= 11 is 0. The average molecular weight is 373 g/mol. The lowest BCUT2D eigenvalue weighted by atomic mass is 10.2. The number of alkyl halides is 2. The molecule has 0 heterocycles. The Morgan fingerprint density at radius 3 is 2.48 bits per heavy atom. The maximum Gasteiger partial charge on any atom is 0.387 e. The fraction of sp³-hybridized carbons (Fsp3) is 0.133. The van der Waals surface area contributed by atoms with E-state index >= 15 is 0 Å². The third-order valence-corrected chi connectivity index (χ3v) is 4.40. The number of methoxy groups -OCH3 is 1. The van der Waals surface area contributed by atoms with Crippen LogP contribution < -0.4 is 14.2 Å². The van der Waals surface area contributed by atoms with Crippen LogP contribution in [0.1, 0.15) is 10.4 Å². The van der Waals surface area contributed by atoms with E-state index in [0.717, 1.165) is 12.1 Å². The first-order valence-corrected chi connectivity index (χ1v) is 8.20. The molecule has 0 aromatic heterocycles. The van der Waals surface area contributed by atoms with Gasteiger partial charge in [0, 0.05) is 6.07 Å². The topological polar surface area (TPSA) is 102 Å². The number of halogens is 2. The summed E-state index contributed by atoms with van der Waals surface area (Å²) in [6.45, 7) is -3.12. The number of hydrogen-bond acceptors (Lipinski definition) is 5. The maximum absolute atomic E-state index is 12.4. The SMILES string of the molecule is COc1ccc(NS(=O)(=O)c2cccc(C(=O)O)c2)cc1OC(F)F. The first-order valence-electron chi connectivity index (χ1n) is 6.72. The molecule has 2 aromatic carbocycles. The molecule has 0 radical (unpaired) electrons. The highest BCUT2D eigenvalue weighted by Gasteiger charge is 2.18. The molecule has 0 aliphatic heterocycles. The lowest BCUT2D eigenvalue weighted by Crippen LogP contribution is -2.14. The molecule has 0 bridgehead atoms. The normalized spacial score (nSPS) is 11.2. The molecule has 10 heteroatoms. The second kappa shape index (κ2) is 7.34. The van der Waals surface area contributed by atoms with Crippen LogP contribution in [0.2, 0.25) is 0 Å². The molecule has 2 aromatic rings. The van der Waals surface area contributed by atoms with E-state index in [1.165, 1.54) is 37.4 Å². The number of aromatic carboxylic acids is 1. The molecule has 0 amide bonds. The summed E-state index contributed by atoms with van der Waals surface area (Å²) in [4.78, 5) is 10.6. The third kappa shape index (κ3) is 4.57. The molecular weight excluding hydrogens is 360 g/mol. The second-order valence-electron chi connectivity index (χ2n) is 4.68. The highest BCUT2D eigenvalue weighted by Crippen LogP contribution is 2.32. The summed E-state index contributed by atoms with van der Waals surface area (Å²) in [7, 11) is -2.89. The van der Waals surface area contributed by atoms with Crippen LogP contribution in [0, 0.1) is 0 Å². The Morgan fingerprint density at radius 2 is 1.88 bits per heavy atom. The zero-order valence-corrected chi connectivity index (χ0v) is 13.6. The van der Waals surface area contributed by atoms with Gasteiger partial charge in [-0.25, -0.2) is 13.2 Å². The van der Waals surface area contributed by atoms with E-state index in [1.807, 2.05) is 0 Å². The van der Waals surface area contributed by atoms with Crippen LogP contribution in [0.5, 0.6) is 11.5 Å². The number of rotatable bonds is 7. The monoisotopic (exact) mass is 373 g/mol. The summed E-state index contributed by atoms with van der Waals surface area (Å²) in [5.74, 6) is -1.64. The van der Waals surface area contributed by atoms with Crippen LogP contribution in [-0.4, -0.2) is 33.2 Å². The molecule has 0 spiro atoms.